The molecule has 11 nitrogen and oxygen atoms in total. The van der Waals surface area contributed by atoms with Gasteiger partial charge in [-0.15, -0.1) is 0 Å². The number of nitrogen functional groups attached to an aromatic ring is 1. The maximum absolute atomic E-state index is 12.8. The van der Waals surface area contributed by atoms with Gasteiger partial charge in [0.15, 0.2) is 23.5 Å². The van der Waals surface area contributed by atoms with Crippen LogP contribution in [0.2, 0.25) is 0 Å². The summed E-state index contributed by atoms with van der Waals surface area (Å²) in [7, 11) is 0. The first-order chi connectivity index (χ1) is 19.8. The van der Waals surface area contributed by atoms with Crippen LogP contribution in [0.1, 0.15) is 65.8 Å². The summed E-state index contributed by atoms with van der Waals surface area (Å²) in [6, 6.07) is 8.31. The molecular formula is C31H45N7O4. The van der Waals surface area contributed by atoms with Gasteiger partial charge >= 0.3 is 0 Å². The Balaban J connectivity index is 1.23. The number of rotatable bonds is 10. The van der Waals surface area contributed by atoms with E-state index in [2.05, 4.69) is 71.9 Å². The number of nitrogens with two attached hydrogens (primary N) is 1. The fourth-order valence-electron chi connectivity index (χ4n) is 5.84. The minimum Gasteiger partial charge on any atom is -0.382 e. The molecule has 2 fully saturated rings. The number of hydrogen-bond donors (Lipinski definition) is 2. The molecule has 4 atom stereocenters. The van der Waals surface area contributed by atoms with E-state index in [0.29, 0.717) is 49.0 Å². The van der Waals surface area contributed by atoms with Crippen molar-refractivity contribution in [3.05, 3.63) is 48.0 Å². The van der Waals surface area contributed by atoms with Crippen LogP contribution >= 0.6 is 0 Å². The van der Waals surface area contributed by atoms with Crippen molar-refractivity contribution in [2.75, 3.05) is 31.9 Å². The normalized spacial score (nSPS) is 23.6. The number of benzene rings is 1. The predicted molar refractivity (Wildman–Crippen MR) is 161 cm³/mol. The van der Waals surface area contributed by atoms with Gasteiger partial charge in [0.25, 0.3) is 0 Å². The summed E-state index contributed by atoms with van der Waals surface area (Å²) in [5, 5.41) is 3.10. The van der Waals surface area contributed by atoms with E-state index in [9.17, 15) is 4.79 Å². The molecule has 0 saturated carbocycles. The van der Waals surface area contributed by atoms with Crippen molar-refractivity contribution in [2.45, 2.75) is 90.6 Å². The highest BCUT2D eigenvalue weighted by atomic mass is 16.8. The lowest BCUT2D eigenvalue weighted by Gasteiger charge is -2.30. The van der Waals surface area contributed by atoms with Crippen molar-refractivity contribution in [3.63, 3.8) is 0 Å². The van der Waals surface area contributed by atoms with Gasteiger partial charge in [-0.1, -0.05) is 58.9 Å². The highest BCUT2D eigenvalue weighted by molar-refractivity contribution is 5.81. The van der Waals surface area contributed by atoms with Crippen LogP contribution in [-0.4, -0.2) is 80.6 Å². The van der Waals surface area contributed by atoms with Crippen LogP contribution in [-0.2, 0) is 30.8 Å². The van der Waals surface area contributed by atoms with Crippen molar-refractivity contribution in [3.8, 4) is 0 Å². The van der Waals surface area contributed by atoms with E-state index in [4.69, 9.17) is 19.9 Å². The molecular weight excluding hydrogens is 534 g/mol. The van der Waals surface area contributed by atoms with Crippen LogP contribution in [0.15, 0.2) is 36.9 Å². The van der Waals surface area contributed by atoms with E-state index in [1.54, 1.807) is 6.33 Å². The Hall–Kier alpha value is -3.12. The van der Waals surface area contributed by atoms with Crippen LogP contribution < -0.4 is 11.1 Å². The monoisotopic (exact) mass is 579 g/mol. The summed E-state index contributed by atoms with van der Waals surface area (Å²) in [4.78, 5) is 28.0. The Bertz CT molecular complexity index is 1380. The lowest BCUT2D eigenvalue weighted by Crippen LogP contribution is -2.44. The van der Waals surface area contributed by atoms with Crippen LogP contribution in [0.5, 0.6) is 0 Å². The predicted octanol–water partition coefficient (Wildman–Crippen LogP) is 3.44. The number of hydrogen-bond acceptors (Lipinski definition) is 9. The molecule has 11 heteroatoms. The second-order valence-corrected chi connectivity index (χ2v) is 13.3. The molecule has 3 N–H and O–H groups in total. The molecule has 0 radical (unpaired) electrons. The highest BCUT2D eigenvalue weighted by Gasteiger charge is 2.56. The molecule has 0 aliphatic carbocycles. The van der Waals surface area contributed by atoms with E-state index in [1.165, 1.54) is 11.9 Å². The minimum absolute atomic E-state index is 0.0165. The zero-order chi connectivity index (χ0) is 30.2. The third-order valence-corrected chi connectivity index (χ3v) is 7.78. The average molecular weight is 580 g/mol. The number of carbonyl (C=O) groups is 1. The van der Waals surface area contributed by atoms with Crippen molar-refractivity contribution in [2.24, 2.45) is 5.92 Å². The van der Waals surface area contributed by atoms with Gasteiger partial charge < -0.3 is 25.3 Å². The molecule has 0 spiro atoms. The molecule has 5 rings (SSSR count). The smallest absolute Gasteiger partial charge is 0.224 e. The van der Waals surface area contributed by atoms with Crippen molar-refractivity contribution < 1.29 is 19.0 Å². The van der Waals surface area contributed by atoms with E-state index in [1.807, 2.05) is 30.5 Å². The maximum atomic E-state index is 12.8. The average Bonchev–Trinajstić information content (AvgIpc) is 3.55. The summed E-state index contributed by atoms with van der Waals surface area (Å²) in [6.45, 7) is 17.5. The van der Waals surface area contributed by atoms with Crippen molar-refractivity contribution in [1.82, 2.24) is 29.7 Å². The fourth-order valence-corrected chi connectivity index (χ4v) is 5.84. The zero-order valence-corrected chi connectivity index (χ0v) is 25.8. The third kappa shape index (κ3) is 6.75. The van der Waals surface area contributed by atoms with Crippen LogP contribution in [0.3, 0.4) is 0 Å². The molecule has 1 amide bonds. The summed E-state index contributed by atoms with van der Waals surface area (Å²) < 4.78 is 21.2. The van der Waals surface area contributed by atoms with Gasteiger partial charge in [-0.3, -0.25) is 14.3 Å². The molecule has 228 valence electrons. The largest absolute Gasteiger partial charge is 0.382 e. The minimum atomic E-state index is -0.748. The topological polar surface area (TPSA) is 130 Å². The molecule has 2 saturated heterocycles. The number of imidazole rings is 1. The van der Waals surface area contributed by atoms with Crippen molar-refractivity contribution >= 4 is 22.9 Å². The molecule has 3 aromatic rings. The Morgan fingerprint density at radius 1 is 1.12 bits per heavy atom. The Morgan fingerprint density at radius 3 is 2.52 bits per heavy atom. The number of ether oxygens (including phenoxy) is 3. The molecule has 42 heavy (non-hydrogen) atoms. The Kier molecular flexibility index (Phi) is 8.58. The molecule has 2 aromatic heterocycles. The summed E-state index contributed by atoms with van der Waals surface area (Å²) >= 11 is 0. The summed E-state index contributed by atoms with van der Waals surface area (Å²) in [5.41, 5.74) is 9.51. The molecule has 2 aliphatic rings. The van der Waals surface area contributed by atoms with Crippen LogP contribution in [0.25, 0.3) is 11.2 Å². The molecule has 0 unspecified atom stereocenters. The van der Waals surface area contributed by atoms with Gasteiger partial charge in [-0.2, -0.15) is 0 Å². The van der Waals surface area contributed by atoms with E-state index in [0.717, 1.165) is 12.1 Å². The SMILES string of the molecule is CC(C)CN(CCNC(=O)Cc1ccc(C(C)(C)C)cc1)C[C@H]1O[C@@H](n2cnc3c(N)ncnc32)[C@@H]2OC(C)(C)O[C@@H]21. The Labute approximate surface area is 248 Å². The lowest BCUT2D eigenvalue weighted by atomic mass is 9.86. The highest BCUT2D eigenvalue weighted by Crippen LogP contribution is 2.44. The number of nitrogens with zero attached hydrogens (tertiary/aromatic N) is 5. The Morgan fingerprint density at radius 2 is 1.83 bits per heavy atom. The number of carbonyl (C=O) groups excluding carboxylic acids is 1. The molecule has 4 heterocycles. The van der Waals surface area contributed by atoms with Gasteiger partial charge in [0.05, 0.1) is 12.7 Å². The lowest BCUT2D eigenvalue weighted by molar-refractivity contribution is -0.198. The number of amides is 1. The number of fused-ring (bicyclic) bond motifs is 2. The quantitative estimate of drug-likeness (QED) is 0.371. The number of nitrogens with one attached hydrogen (secondary N) is 1. The third-order valence-electron chi connectivity index (χ3n) is 7.78. The van der Waals surface area contributed by atoms with Gasteiger partial charge in [0.2, 0.25) is 5.91 Å². The summed E-state index contributed by atoms with van der Waals surface area (Å²) in [6.07, 6.45) is 2.10. The molecule has 2 aliphatic heterocycles. The van der Waals surface area contributed by atoms with E-state index >= 15 is 0 Å². The van der Waals surface area contributed by atoms with Gasteiger partial charge in [0, 0.05) is 26.2 Å². The second kappa shape index (κ2) is 11.9. The second-order valence-electron chi connectivity index (χ2n) is 13.3. The maximum Gasteiger partial charge on any atom is 0.224 e. The first kappa shape index (κ1) is 30.3. The van der Waals surface area contributed by atoms with Crippen LogP contribution in [0, 0.1) is 5.92 Å². The van der Waals surface area contributed by atoms with Gasteiger partial charge in [-0.25, -0.2) is 15.0 Å². The van der Waals surface area contributed by atoms with E-state index in [-0.39, 0.29) is 29.6 Å². The molecule has 1 aromatic carbocycles. The van der Waals surface area contributed by atoms with Crippen molar-refractivity contribution in [1.29, 1.82) is 0 Å². The first-order valence-electron chi connectivity index (χ1n) is 14.8. The first-order valence-corrected chi connectivity index (χ1v) is 14.8. The van der Waals surface area contributed by atoms with Crippen LogP contribution in [0.4, 0.5) is 5.82 Å². The number of anilines is 1. The van der Waals surface area contributed by atoms with Gasteiger partial charge in [0.1, 0.15) is 30.2 Å². The number of aromatic nitrogens is 4. The summed E-state index contributed by atoms with van der Waals surface area (Å²) in [5.74, 6) is 0.0233. The van der Waals surface area contributed by atoms with Gasteiger partial charge in [-0.05, 0) is 36.3 Å². The zero-order valence-electron chi connectivity index (χ0n) is 25.8. The van der Waals surface area contributed by atoms with E-state index < -0.39 is 12.0 Å². The fraction of sp³-hybridized carbons (Fsp3) is 0.613. The standard InChI is InChI=1S/C31H45N7O4/c1-19(2)15-37(13-12-33-23(39)14-20-8-10-21(11-9-20)30(3,4)5)16-22-25-26(42-31(6,7)41-25)29(40-22)38-18-36-24-27(32)34-17-35-28(24)38/h8-11,17-19,22,25-26,29H,12-16H2,1-7H3,(H,33,39)(H2,32,34,35)/t22-,25-,26-,29-/m1/s1. The molecule has 0 bridgehead atoms.